The molecule has 3 aromatic heterocycles. The van der Waals surface area contributed by atoms with Crippen LogP contribution < -0.4 is 15.6 Å². The van der Waals surface area contributed by atoms with Gasteiger partial charge in [0, 0.05) is 29.0 Å². The molecule has 0 spiro atoms. The van der Waals surface area contributed by atoms with Gasteiger partial charge in [0.2, 0.25) is 5.88 Å². The average molecular weight is 488 g/mol. The van der Waals surface area contributed by atoms with Gasteiger partial charge in [-0.05, 0) is 25.1 Å². The van der Waals surface area contributed by atoms with Crippen LogP contribution in [0, 0.1) is 0 Å². The fourth-order valence-electron chi connectivity index (χ4n) is 3.22. The van der Waals surface area contributed by atoms with Crippen molar-refractivity contribution in [1.82, 2.24) is 19.6 Å². The lowest BCUT2D eigenvalue weighted by atomic mass is 10.2. The molecule has 33 heavy (non-hydrogen) atoms. The Labute approximate surface area is 196 Å². The van der Waals surface area contributed by atoms with Crippen molar-refractivity contribution in [1.29, 1.82) is 0 Å². The summed E-state index contributed by atoms with van der Waals surface area (Å²) in [7, 11) is 3.06. The van der Waals surface area contributed by atoms with Gasteiger partial charge >= 0.3 is 5.97 Å². The number of halogens is 1. The third-order valence-electron chi connectivity index (χ3n) is 4.63. The van der Waals surface area contributed by atoms with Crippen molar-refractivity contribution in [3.63, 3.8) is 0 Å². The van der Waals surface area contributed by atoms with Crippen molar-refractivity contribution in [3.05, 3.63) is 62.5 Å². The smallest absolute Gasteiger partial charge is 0.359 e. The van der Waals surface area contributed by atoms with Gasteiger partial charge in [-0.2, -0.15) is 9.78 Å². The number of anilines is 1. The average Bonchev–Trinajstić information content (AvgIpc) is 3.38. The van der Waals surface area contributed by atoms with Crippen LogP contribution in [0.25, 0.3) is 16.5 Å². The van der Waals surface area contributed by atoms with Gasteiger partial charge < -0.3 is 14.8 Å². The van der Waals surface area contributed by atoms with E-state index in [2.05, 4.69) is 15.5 Å². The summed E-state index contributed by atoms with van der Waals surface area (Å²) in [5, 5.41) is 13.6. The predicted octanol–water partition coefficient (Wildman–Crippen LogP) is 3.27. The molecule has 0 aliphatic heterocycles. The zero-order valence-corrected chi connectivity index (χ0v) is 19.4. The first-order valence-electron chi connectivity index (χ1n) is 9.70. The molecule has 10 nitrogen and oxygen atoms in total. The fraction of sp³-hybridized carbons (Fsp3) is 0.190. The summed E-state index contributed by atoms with van der Waals surface area (Å²) < 4.78 is 12.8. The van der Waals surface area contributed by atoms with Crippen molar-refractivity contribution in [3.8, 4) is 11.6 Å². The van der Waals surface area contributed by atoms with Crippen molar-refractivity contribution < 1.29 is 19.1 Å². The molecule has 170 valence electrons. The molecule has 1 aromatic carbocycles. The van der Waals surface area contributed by atoms with E-state index in [4.69, 9.17) is 21.1 Å². The molecule has 0 radical (unpaired) electrons. The molecule has 3 heterocycles. The number of thiophene rings is 1. The fourth-order valence-corrected chi connectivity index (χ4v) is 4.34. The lowest BCUT2D eigenvalue weighted by Gasteiger charge is -2.10. The van der Waals surface area contributed by atoms with Gasteiger partial charge in [0.1, 0.15) is 10.6 Å². The van der Waals surface area contributed by atoms with Crippen molar-refractivity contribution >= 4 is 50.6 Å². The minimum absolute atomic E-state index is 0.0536. The number of nitrogens with one attached hydrogen (secondary N) is 1. The van der Waals surface area contributed by atoms with Crippen LogP contribution in [0.5, 0.6) is 5.88 Å². The Kier molecular flexibility index (Phi) is 6.16. The van der Waals surface area contributed by atoms with Gasteiger partial charge in [-0.1, -0.05) is 17.7 Å². The Morgan fingerprint density at radius 1 is 1.27 bits per heavy atom. The van der Waals surface area contributed by atoms with Crippen LogP contribution in [-0.2, 0) is 11.8 Å². The number of benzene rings is 1. The summed E-state index contributed by atoms with van der Waals surface area (Å²) in [6, 6.07) is 6.48. The van der Waals surface area contributed by atoms with Crippen LogP contribution in [0.15, 0.2) is 40.6 Å². The van der Waals surface area contributed by atoms with E-state index in [-0.39, 0.29) is 39.5 Å². The number of rotatable bonds is 6. The molecular formula is C21H18ClN5O5S. The number of fused-ring (bicyclic) bond motifs is 1. The van der Waals surface area contributed by atoms with E-state index in [9.17, 15) is 14.4 Å². The highest BCUT2D eigenvalue weighted by atomic mass is 35.5. The molecule has 12 heteroatoms. The molecule has 0 saturated carbocycles. The van der Waals surface area contributed by atoms with Crippen LogP contribution in [-0.4, -0.2) is 45.2 Å². The molecule has 4 rings (SSSR count). The van der Waals surface area contributed by atoms with E-state index in [0.29, 0.717) is 10.7 Å². The van der Waals surface area contributed by atoms with Crippen LogP contribution in [0.3, 0.4) is 0 Å². The molecule has 0 aliphatic carbocycles. The maximum absolute atomic E-state index is 13.4. The normalized spacial score (nSPS) is 10.9. The Morgan fingerprint density at radius 2 is 2.06 bits per heavy atom. The Bertz CT molecular complexity index is 1440. The first-order chi connectivity index (χ1) is 15.8. The Morgan fingerprint density at radius 3 is 2.76 bits per heavy atom. The van der Waals surface area contributed by atoms with E-state index in [1.54, 1.807) is 43.6 Å². The Balaban J connectivity index is 1.89. The van der Waals surface area contributed by atoms with Crippen LogP contribution in [0.4, 0.5) is 5.00 Å². The maximum atomic E-state index is 13.4. The van der Waals surface area contributed by atoms with Gasteiger partial charge in [0.05, 0.1) is 24.8 Å². The van der Waals surface area contributed by atoms with Gasteiger partial charge in [-0.3, -0.25) is 14.3 Å². The molecule has 0 unspecified atom stereocenters. The molecule has 0 fully saturated rings. The van der Waals surface area contributed by atoms with E-state index >= 15 is 0 Å². The zero-order valence-electron chi connectivity index (χ0n) is 17.8. The SMILES string of the molecule is CCOC(=O)c1nn(-c2cccc(Cl)c2)c(=O)c2c(NC(=O)c3cn(C)nc3OC)scc12. The number of carbonyl (C=O) groups excluding carboxylic acids is 2. The summed E-state index contributed by atoms with van der Waals surface area (Å²) in [6.45, 7) is 1.80. The second-order valence-electron chi connectivity index (χ2n) is 6.80. The molecule has 0 bridgehead atoms. The maximum Gasteiger partial charge on any atom is 0.359 e. The topological polar surface area (TPSA) is 117 Å². The third-order valence-corrected chi connectivity index (χ3v) is 5.76. The number of nitrogens with zero attached hydrogens (tertiary/aromatic N) is 4. The number of amides is 1. The van der Waals surface area contributed by atoms with Gasteiger partial charge in [-0.15, -0.1) is 16.4 Å². The third kappa shape index (κ3) is 4.20. The number of esters is 1. The number of hydrogen-bond acceptors (Lipinski definition) is 8. The number of ether oxygens (including phenoxy) is 2. The molecule has 0 atom stereocenters. The lowest BCUT2D eigenvalue weighted by Crippen LogP contribution is -2.25. The summed E-state index contributed by atoms with van der Waals surface area (Å²) in [6.07, 6.45) is 1.50. The van der Waals surface area contributed by atoms with Gasteiger partial charge in [0.25, 0.3) is 11.5 Å². The van der Waals surface area contributed by atoms with E-state index < -0.39 is 17.4 Å². The molecule has 4 aromatic rings. The first-order valence-corrected chi connectivity index (χ1v) is 11.0. The lowest BCUT2D eigenvalue weighted by molar-refractivity contribution is 0.0520. The standard InChI is InChI=1S/C21H18ClN5O5S/c1-4-32-21(30)16-14-10-33-19(23-17(28)13-9-26(2)25-18(13)31-3)15(14)20(29)27(24-16)12-7-5-6-11(22)8-12/h5-10H,4H2,1-3H3,(H,23,28). The highest BCUT2D eigenvalue weighted by Crippen LogP contribution is 2.31. The van der Waals surface area contributed by atoms with E-state index in [1.165, 1.54) is 18.0 Å². The second-order valence-corrected chi connectivity index (χ2v) is 8.12. The highest BCUT2D eigenvalue weighted by Gasteiger charge is 2.24. The number of methoxy groups -OCH3 is 1. The van der Waals surface area contributed by atoms with Crippen LogP contribution >= 0.6 is 22.9 Å². The van der Waals surface area contributed by atoms with Gasteiger partial charge in [0.15, 0.2) is 5.69 Å². The van der Waals surface area contributed by atoms with Crippen molar-refractivity contribution in [2.24, 2.45) is 7.05 Å². The molecule has 1 amide bonds. The number of hydrogen-bond donors (Lipinski definition) is 1. The number of aryl methyl sites for hydroxylation is 1. The molecule has 0 saturated heterocycles. The predicted molar refractivity (Wildman–Crippen MR) is 124 cm³/mol. The first kappa shape index (κ1) is 22.5. The monoisotopic (exact) mass is 487 g/mol. The highest BCUT2D eigenvalue weighted by molar-refractivity contribution is 7.16. The summed E-state index contributed by atoms with van der Waals surface area (Å²) in [5.74, 6) is -1.07. The van der Waals surface area contributed by atoms with Crippen LogP contribution in [0.2, 0.25) is 5.02 Å². The van der Waals surface area contributed by atoms with E-state index in [0.717, 1.165) is 16.0 Å². The summed E-state index contributed by atoms with van der Waals surface area (Å²) >= 11 is 7.18. The summed E-state index contributed by atoms with van der Waals surface area (Å²) in [4.78, 5) is 39.0. The van der Waals surface area contributed by atoms with Crippen LogP contribution in [0.1, 0.15) is 27.8 Å². The Hall–Kier alpha value is -3.70. The minimum atomic E-state index is -0.692. The number of carbonyl (C=O) groups is 2. The second kappa shape index (κ2) is 9.04. The van der Waals surface area contributed by atoms with E-state index in [1.807, 2.05) is 0 Å². The van der Waals surface area contributed by atoms with Gasteiger partial charge in [-0.25, -0.2) is 4.79 Å². The number of aromatic nitrogens is 4. The minimum Gasteiger partial charge on any atom is -0.479 e. The largest absolute Gasteiger partial charge is 0.479 e. The molecule has 1 N–H and O–H groups in total. The zero-order chi connectivity index (χ0) is 23.7. The van der Waals surface area contributed by atoms with Crippen molar-refractivity contribution in [2.75, 3.05) is 19.0 Å². The quantitative estimate of drug-likeness (QED) is 0.415. The molecular weight excluding hydrogens is 470 g/mol. The summed E-state index contributed by atoms with van der Waals surface area (Å²) in [5.41, 5.74) is -0.0362. The van der Waals surface area contributed by atoms with Crippen molar-refractivity contribution in [2.45, 2.75) is 6.92 Å². The molecule has 0 aliphatic rings.